The van der Waals surface area contributed by atoms with Crippen molar-refractivity contribution in [3.05, 3.63) is 42.1 Å². The lowest BCUT2D eigenvalue weighted by Gasteiger charge is -2.34. The maximum Gasteiger partial charge on any atom is 0.227 e. The molecule has 3 rings (SSSR count). The Hall–Kier alpha value is -2.34. The second-order valence-corrected chi connectivity index (χ2v) is 5.83. The van der Waals surface area contributed by atoms with E-state index in [1.165, 1.54) is 0 Å². The number of benzene rings is 1. The smallest absolute Gasteiger partial charge is 0.227 e. The molecule has 1 N–H and O–H groups in total. The highest BCUT2D eigenvalue weighted by molar-refractivity contribution is 5.43. The zero-order valence-corrected chi connectivity index (χ0v) is 14.4. The average Bonchev–Trinajstić information content (AvgIpc) is 2.67. The fourth-order valence-corrected chi connectivity index (χ4v) is 2.90. The van der Waals surface area contributed by atoms with Crippen LogP contribution in [0.25, 0.3) is 0 Å². The van der Waals surface area contributed by atoms with E-state index in [0.717, 1.165) is 55.8 Å². The van der Waals surface area contributed by atoms with Gasteiger partial charge in [0.05, 0.1) is 7.11 Å². The van der Waals surface area contributed by atoms with Gasteiger partial charge in [0, 0.05) is 44.5 Å². The van der Waals surface area contributed by atoms with E-state index in [-0.39, 0.29) is 0 Å². The van der Waals surface area contributed by atoms with E-state index < -0.39 is 0 Å². The van der Waals surface area contributed by atoms with Crippen molar-refractivity contribution in [3.63, 3.8) is 0 Å². The van der Waals surface area contributed by atoms with Gasteiger partial charge in [-0.3, -0.25) is 0 Å². The number of aromatic nitrogens is 2. The fourth-order valence-electron chi connectivity index (χ4n) is 2.90. The minimum absolute atomic E-state index is 0.671. The Labute approximate surface area is 143 Å². The second-order valence-electron chi connectivity index (χ2n) is 5.83. The molecule has 6 heteroatoms. The molecule has 0 amide bonds. The van der Waals surface area contributed by atoms with Gasteiger partial charge in [0.25, 0.3) is 0 Å². The molecule has 128 valence electrons. The number of rotatable bonds is 6. The van der Waals surface area contributed by atoms with E-state index in [2.05, 4.69) is 38.1 Å². The summed E-state index contributed by atoms with van der Waals surface area (Å²) in [6.07, 6.45) is 1.82. The van der Waals surface area contributed by atoms with E-state index >= 15 is 0 Å². The first-order valence-electron chi connectivity index (χ1n) is 8.46. The average molecular weight is 327 g/mol. The highest BCUT2D eigenvalue weighted by Gasteiger charge is 2.17. The number of piperazine rings is 1. The van der Waals surface area contributed by atoms with Crippen LogP contribution in [0.1, 0.15) is 12.5 Å². The number of nitrogens with zero attached hydrogens (tertiary/aromatic N) is 4. The van der Waals surface area contributed by atoms with Crippen molar-refractivity contribution in [2.45, 2.75) is 13.5 Å². The quantitative estimate of drug-likeness (QED) is 0.878. The first kappa shape index (κ1) is 16.5. The van der Waals surface area contributed by atoms with Gasteiger partial charge in [-0.2, -0.15) is 4.98 Å². The molecule has 24 heavy (non-hydrogen) atoms. The summed E-state index contributed by atoms with van der Waals surface area (Å²) >= 11 is 0. The summed E-state index contributed by atoms with van der Waals surface area (Å²) in [7, 11) is 1.69. The van der Waals surface area contributed by atoms with Crippen LogP contribution in [0.2, 0.25) is 0 Å². The Balaban J connectivity index is 1.63. The molecule has 1 aliphatic heterocycles. The van der Waals surface area contributed by atoms with E-state index in [4.69, 9.17) is 4.74 Å². The predicted molar refractivity (Wildman–Crippen MR) is 96.7 cm³/mol. The molecule has 1 aliphatic rings. The first-order chi connectivity index (χ1) is 11.8. The van der Waals surface area contributed by atoms with Crippen LogP contribution in [0, 0.1) is 0 Å². The molecular formula is C18H25N5O. The summed E-state index contributed by atoms with van der Waals surface area (Å²) < 4.78 is 5.39. The third-order valence-corrected chi connectivity index (χ3v) is 4.40. The molecule has 0 bridgehead atoms. The fraction of sp³-hybridized carbons (Fsp3) is 0.444. The largest absolute Gasteiger partial charge is 0.496 e. The zero-order chi connectivity index (χ0) is 16.8. The van der Waals surface area contributed by atoms with Crippen molar-refractivity contribution in [2.75, 3.05) is 50.1 Å². The minimum Gasteiger partial charge on any atom is -0.496 e. The number of ether oxygens (including phenoxy) is 1. The number of anilines is 2. The van der Waals surface area contributed by atoms with Crippen LogP contribution < -0.4 is 15.0 Å². The normalized spacial score (nSPS) is 15.3. The molecule has 0 aliphatic carbocycles. The van der Waals surface area contributed by atoms with Crippen molar-refractivity contribution in [1.82, 2.24) is 14.9 Å². The van der Waals surface area contributed by atoms with Crippen LogP contribution in [-0.4, -0.2) is 54.7 Å². The third kappa shape index (κ3) is 3.94. The minimum atomic E-state index is 0.671. The number of hydrogen-bond donors (Lipinski definition) is 1. The Morgan fingerprint density at radius 2 is 1.92 bits per heavy atom. The topological polar surface area (TPSA) is 53.5 Å². The lowest BCUT2D eigenvalue weighted by atomic mass is 10.2. The molecule has 0 saturated carbocycles. The third-order valence-electron chi connectivity index (χ3n) is 4.40. The Bertz CT molecular complexity index is 655. The molecule has 6 nitrogen and oxygen atoms in total. The molecule has 0 radical (unpaired) electrons. The van der Waals surface area contributed by atoms with Crippen LogP contribution in [0.5, 0.6) is 5.75 Å². The summed E-state index contributed by atoms with van der Waals surface area (Å²) in [6, 6.07) is 9.91. The van der Waals surface area contributed by atoms with Crippen molar-refractivity contribution in [2.24, 2.45) is 0 Å². The standard InChI is InChI=1S/C18H25N5O/c1-3-22-10-12-23(13-11-22)18-19-9-8-17(21-18)20-14-15-6-4-5-7-16(15)24-2/h4-9H,3,10-14H2,1-2H3,(H,19,20,21). The van der Waals surface area contributed by atoms with Gasteiger partial charge in [0.2, 0.25) is 5.95 Å². The van der Waals surface area contributed by atoms with Gasteiger partial charge in [0.15, 0.2) is 0 Å². The highest BCUT2D eigenvalue weighted by atomic mass is 16.5. The maximum absolute atomic E-state index is 5.39. The van der Waals surface area contributed by atoms with Gasteiger partial charge in [-0.05, 0) is 18.7 Å². The van der Waals surface area contributed by atoms with Gasteiger partial charge in [-0.25, -0.2) is 4.98 Å². The number of para-hydroxylation sites is 1. The Morgan fingerprint density at radius 1 is 1.12 bits per heavy atom. The van der Waals surface area contributed by atoms with E-state index in [1.54, 1.807) is 7.11 Å². The molecule has 1 aromatic heterocycles. The summed E-state index contributed by atoms with van der Waals surface area (Å²) in [5.41, 5.74) is 1.11. The molecule has 1 aromatic carbocycles. The van der Waals surface area contributed by atoms with Crippen molar-refractivity contribution in [3.8, 4) is 5.75 Å². The predicted octanol–water partition coefficient (Wildman–Crippen LogP) is 2.24. The monoisotopic (exact) mass is 327 g/mol. The highest BCUT2D eigenvalue weighted by Crippen LogP contribution is 2.19. The molecule has 2 heterocycles. The number of methoxy groups -OCH3 is 1. The molecule has 1 fully saturated rings. The van der Waals surface area contributed by atoms with Crippen molar-refractivity contribution < 1.29 is 4.74 Å². The second kappa shape index (κ2) is 7.97. The Morgan fingerprint density at radius 3 is 2.67 bits per heavy atom. The maximum atomic E-state index is 5.39. The molecule has 0 spiro atoms. The molecular weight excluding hydrogens is 302 g/mol. The number of likely N-dealkylation sites (N-methyl/N-ethyl adjacent to an activating group) is 1. The first-order valence-corrected chi connectivity index (χ1v) is 8.46. The zero-order valence-electron chi connectivity index (χ0n) is 14.4. The van der Waals surface area contributed by atoms with Gasteiger partial charge < -0.3 is 19.9 Å². The van der Waals surface area contributed by atoms with Crippen molar-refractivity contribution in [1.29, 1.82) is 0 Å². The molecule has 1 saturated heterocycles. The number of hydrogen-bond acceptors (Lipinski definition) is 6. The lowest BCUT2D eigenvalue weighted by molar-refractivity contribution is 0.270. The summed E-state index contributed by atoms with van der Waals surface area (Å²) in [5, 5.41) is 3.37. The lowest BCUT2D eigenvalue weighted by Crippen LogP contribution is -2.46. The van der Waals surface area contributed by atoms with E-state index in [9.17, 15) is 0 Å². The SMILES string of the molecule is CCN1CCN(c2nccc(NCc3ccccc3OC)n2)CC1. The van der Waals surface area contributed by atoms with Gasteiger partial charge >= 0.3 is 0 Å². The van der Waals surface area contributed by atoms with Crippen LogP contribution in [-0.2, 0) is 6.54 Å². The van der Waals surface area contributed by atoms with Crippen LogP contribution >= 0.6 is 0 Å². The van der Waals surface area contributed by atoms with Crippen LogP contribution in [0.3, 0.4) is 0 Å². The van der Waals surface area contributed by atoms with Gasteiger partial charge in [0.1, 0.15) is 11.6 Å². The summed E-state index contributed by atoms with van der Waals surface area (Å²) in [5.74, 6) is 2.52. The Kier molecular flexibility index (Phi) is 5.48. The van der Waals surface area contributed by atoms with Crippen molar-refractivity contribution >= 4 is 11.8 Å². The van der Waals surface area contributed by atoms with E-state index in [0.29, 0.717) is 6.54 Å². The van der Waals surface area contributed by atoms with Gasteiger partial charge in [-0.1, -0.05) is 25.1 Å². The van der Waals surface area contributed by atoms with Crippen LogP contribution in [0.15, 0.2) is 36.5 Å². The summed E-state index contributed by atoms with van der Waals surface area (Å²) in [4.78, 5) is 13.8. The molecule has 0 unspecified atom stereocenters. The summed E-state index contributed by atoms with van der Waals surface area (Å²) in [6.45, 7) is 8.07. The van der Waals surface area contributed by atoms with Crippen LogP contribution in [0.4, 0.5) is 11.8 Å². The molecule has 2 aromatic rings. The van der Waals surface area contributed by atoms with Gasteiger partial charge in [-0.15, -0.1) is 0 Å². The molecule has 0 atom stereocenters. The van der Waals surface area contributed by atoms with E-state index in [1.807, 2.05) is 30.5 Å². The number of nitrogens with one attached hydrogen (secondary N) is 1.